The maximum absolute atomic E-state index is 10.9. The lowest BCUT2D eigenvalue weighted by molar-refractivity contribution is -0.147. The minimum atomic E-state index is -0.157. The summed E-state index contributed by atoms with van der Waals surface area (Å²) in [6, 6.07) is 0. The van der Waals surface area contributed by atoms with E-state index in [4.69, 9.17) is 4.74 Å². The molecule has 0 spiro atoms. The summed E-state index contributed by atoms with van der Waals surface area (Å²) >= 11 is 0. The van der Waals surface area contributed by atoms with Gasteiger partial charge in [0, 0.05) is 6.42 Å². The monoisotopic (exact) mass is 173 g/mol. The zero-order valence-corrected chi connectivity index (χ0v) is 7.84. The third kappa shape index (κ3) is 7.54. The van der Waals surface area contributed by atoms with Crippen LogP contribution in [-0.4, -0.2) is 18.7 Å². The van der Waals surface area contributed by atoms with E-state index in [1.807, 2.05) is 13.8 Å². The first kappa shape index (κ1) is 11.4. The van der Waals surface area contributed by atoms with Crippen LogP contribution in [0.3, 0.4) is 0 Å². The van der Waals surface area contributed by atoms with Gasteiger partial charge in [0.2, 0.25) is 0 Å². The average Bonchev–Trinajstić information content (AvgIpc) is 1.97. The van der Waals surface area contributed by atoms with Crippen LogP contribution in [0, 0.1) is 0 Å². The molecule has 0 amide bonds. The van der Waals surface area contributed by atoms with E-state index in [9.17, 15) is 9.90 Å². The number of carbonyl (C=O) groups is 1. The third-order valence-corrected chi connectivity index (χ3v) is 1.39. The van der Waals surface area contributed by atoms with Crippen molar-refractivity contribution in [2.45, 2.75) is 45.6 Å². The van der Waals surface area contributed by atoms with Crippen molar-refractivity contribution in [1.29, 1.82) is 0 Å². The average molecular weight is 173 g/mol. The van der Waals surface area contributed by atoms with Crippen LogP contribution >= 0.6 is 0 Å². The molecule has 0 saturated heterocycles. The van der Waals surface area contributed by atoms with Gasteiger partial charge < -0.3 is 4.74 Å². The molecule has 12 heavy (non-hydrogen) atoms. The Hall–Kier alpha value is -0.570. The van der Waals surface area contributed by atoms with Crippen molar-refractivity contribution in [2.75, 3.05) is 6.61 Å². The predicted octanol–water partition coefficient (Wildman–Crippen LogP) is 1.93. The minimum absolute atomic E-state index is 0.0305. The molecule has 0 rings (SSSR count). The molecule has 0 fully saturated rings. The summed E-state index contributed by atoms with van der Waals surface area (Å²) in [7, 11) is 0. The molecule has 0 aromatic rings. The summed E-state index contributed by atoms with van der Waals surface area (Å²) in [5.41, 5.74) is 0. The van der Waals surface area contributed by atoms with Crippen molar-refractivity contribution in [3.05, 3.63) is 0 Å². The summed E-state index contributed by atoms with van der Waals surface area (Å²) in [6.07, 6.45) is 2.68. The first-order valence-electron chi connectivity index (χ1n) is 4.44. The van der Waals surface area contributed by atoms with Crippen LogP contribution in [0.5, 0.6) is 0 Å². The lowest BCUT2D eigenvalue weighted by Crippen LogP contribution is -2.10. The first-order valence-corrected chi connectivity index (χ1v) is 4.44. The number of carbonyl (C=O) groups excluding carboxylic acids is 1. The van der Waals surface area contributed by atoms with Crippen molar-refractivity contribution in [2.24, 2.45) is 0 Å². The molecule has 0 heterocycles. The van der Waals surface area contributed by atoms with Crippen LogP contribution in [0.25, 0.3) is 0 Å². The SMILES string of the molecule is CC(C)OC(=O)CCCCC[O]. The van der Waals surface area contributed by atoms with Gasteiger partial charge in [-0.1, -0.05) is 6.42 Å². The highest BCUT2D eigenvalue weighted by molar-refractivity contribution is 5.69. The van der Waals surface area contributed by atoms with Gasteiger partial charge in [0.1, 0.15) is 0 Å². The van der Waals surface area contributed by atoms with E-state index < -0.39 is 0 Å². The van der Waals surface area contributed by atoms with Gasteiger partial charge in [0.15, 0.2) is 0 Å². The molecule has 3 nitrogen and oxygen atoms in total. The number of unbranched alkanes of at least 4 members (excludes halogenated alkanes) is 2. The fourth-order valence-corrected chi connectivity index (χ4v) is 0.870. The van der Waals surface area contributed by atoms with E-state index in [0.717, 1.165) is 12.8 Å². The van der Waals surface area contributed by atoms with Gasteiger partial charge in [0.25, 0.3) is 0 Å². The Bertz CT molecular complexity index is 121. The van der Waals surface area contributed by atoms with E-state index in [2.05, 4.69) is 0 Å². The Morgan fingerprint density at radius 1 is 1.25 bits per heavy atom. The van der Waals surface area contributed by atoms with Gasteiger partial charge in [-0.15, -0.1) is 0 Å². The minimum Gasteiger partial charge on any atom is -0.463 e. The standard InChI is InChI=1S/C9H17O3/c1-8(2)12-9(11)6-4-3-5-7-10/h8H,3-7H2,1-2H3. The van der Waals surface area contributed by atoms with Crippen molar-refractivity contribution in [1.82, 2.24) is 0 Å². The van der Waals surface area contributed by atoms with Crippen LogP contribution in [-0.2, 0) is 14.6 Å². The fourth-order valence-electron chi connectivity index (χ4n) is 0.870. The summed E-state index contributed by atoms with van der Waals surface area (Å²) in [4.78, 5) is 10.9. The molecule has 0 unspecified atom stereocenters. The number of rotatable bonds is 6. The zero-order chi connectivity index (χ0) is 9.40. The number of hydrogen-bond donors (Lipinski definition) is 0. The second kappa shape index (κ2) is 7.10. The van der Waals surface area contributed by atoms with Crippen LogP contribution in [0.15, 0.2) is 0 Å². The highest BCUT2D eigenvalue weighted by Crippen LogP contribution is 2.02. The molecule has 1 radical (unpaired) electrons. The quantitative estimate of drug-likeness (QED) is 0.455. The predicted molar refractivity (Wildman–Crippen MR) is 45.2 cm³/mol. The normalized spacial score (nSPS) is 10.3. The largest absolute Gasteiger partial charge is 0.463 e. The van der Waals surface area contributed by atoms with Crippen LogP contribution in [0.4, 0.5) is 0 Å². The Morgan fingerprint density at radius 2 is 1.92 bits per heavy atom. The molecule has 0 N–H and O–H groups in total. The van der Waals surface area contributed by atoms with Crippen molar-refractivity contribution in [3.8, 4) is 0 Å². The summed E-state index contributed by atoms with van der Waals surface area (Å²) < 4.78 is 4.91. The molecule has 71 valence electrons. The maximum Gasteiger partial charge on any atom is 0.306 e. The summed E-state index contributed by atoms with van der Waals surface area (Å²) in [5.74, 6) is -0.157. The van der Waals surface area contributed by atoms with Crippen LogP contribution in [0.1, 0.15) is 39.5 Å². The smallest absolute Gasteiger partial charge is 0.306 e. The van der Waals surface area contributed by atoms with E-state index in [1.54, 1.807) is 0 Å². The molecule has 0 atom stereocenters. The second-order valence-electron chi connectivity index (χ2n) is 3.05. The van der Waals surface area contributed by atoms with Crippen LogP contribution < -0.4 is 0 Å². The molecular weight excluding hydrogens is 156 g/mol. The first-order chi connectivity index (χ1) is 5.66. The second-order valence-corrected chi connectivity index (χ2v) is 3.05. The molecule has 3 heteroatoms. The number of esters is 1. The van der Waals surface area contributed by atoms with E-state index >= 15 is 0 Å². The number of ether oxygens (including phenoxy) is 1. The molecular formula is C9H17O3. The summed E-state index contributed by atoms with van der Waals surface area (Å²) in [6.45, 7) is 3.62. The highest BCUT2D eigenvalue weighted by atomic mass is 16.5. The van der Waals surface area contributed by atoms with Gasteiger partial charge in [-0.2, -0.15) is 0 Å². The van der Waals surface area contributed by atoms with Crippen molar-refractivity contribution >= 4 is 5.97 Å². The molecule has 0 aliphatic heterocycles. The van der Waals surface area contributed by atoms with Crippen molar-refractivity contribution < 1.29 is 14.6 Å². The topological polar surface area (TPSA) is 46.2 Å². The molecule has 0 bridgehead atoms. The Kier molecular flexibility index (Phi) is 6.76. The molecule has 0 aliphatic carbocycles. The number of hydrogen-bond acceptors (Lipinski definition) is 2. The lowest BCUT2D eigenvalue weighted by Gasteiger charge is -2.06. The zero-order valence-electron chi connectivity index (χ0n) is 7.84. The summed E-state index contributed by atoms with van der Waals surface area (Å²) in [5, 5.41) is 10.0. The van der Waals surface area contributed by atoms with E-state index in [-0.39, 0.29) is 18.7 Å². The highest BCUT2D eigenvalue weighted by Gasteiger charge is 2.03. The molecule has 0 aromatic heterocycles. The maximum atomic E-state index is 10.9. The third-order valence-electron chi connectivity index (χ3n) is 1.39. The Morgan fingerprint density at radius 3 is 2.42 bits per heavy atom. The van der Waals surface area contributed by atoms with E-state index in [1.165, 1.54) is 0 Å². The molecule has 0 aliphatic rings. The van der Waals surface area contributed by atoms with Gasteiger partial charge in [0.05, 0.1) is 12.7 Å². The van der Waals surface area contributed by atoms with Gasteiger partial charge >= 0.3 is 5.97 Å². The van der Waals surface area contributed by atoms with Gasteiger partial charge in [-0.05, 0) is 26.7 Å². The molecule has 0 aromatic carbocycles. The fraction of sp³-hybridized carbons (Fsp3) is 0.889. The lowest BCUT2D eigenvalue weighted by atomic mass is 10.2. The van der Waals surface area contributed by atoms with Gasteiger partial charge in [-0.25, -0.2) is 5.11 Å². The Labute approximate surface area is 73.7 Å². The van der Waals surface area contributed by atoms with Crippen molar-refractivity contribution in [3.63, 3.8) is 0 Å². The Balaban J connectivity index is 3.20. The van der Waals surface area contributed by atoms with Gasteiger partial charge in [-0.3, -0.25) is 4.79 Å². The van der Waals surface area contributed by atoms with E-state index in [0.29, 0.717) is 12.8 Å². The molecule has 0 saturated carbocycles. The van der Waals surface area contributed by atoms with Crippen LogP contribution in [0.2, 0.25) is 0 Å².